The fourth-order valence-electron chi connectivity index (χ4n) is 2.21. The van der Waals surface area contributed by atoms with Crippen LogP contribution >= 0.6 is 0 Å². The molecule has 0 radical (unpaired) electrons. The van der Waals surface area contributed by atoms with Crippen LogP contribution in [0.25, 0.3) is 0 Å². The van der Waals surface area contributed by atoms with E-state index in [0.717, 1.165) is 28.9 Å². The van der Waals surface area contributed by atoms with Crippen LogP contribution in [0.5, 0.6) is 0 Å². The minimum Gasteiger partial charge on any atom is -0.374 e. The monoisotopic (exact) mass is 304 g/mol. The highest BCUT2D eigenvalue weighted by atomic mass is 19.1. The highest BCUT2D eigenvalue weighted by Gasteiger charge is 2.15. The van der Waals surface area contributed by atoms with Gasteiger partial charge >= 0.3 is 0 Å². The zero-order valence-electron chi connectivity index (χ0n) is 12.7. The van der Waals surface area contributed by atoms with Crippen molar-refractivity contribution < 1.29 is 13.6 Å². The number of anilines is 2. The van der Waals surface area contributed by atoms with E-state index in [9.17, 15) is 13.6 Å². The number of rotatable bonds is 4. The molecule has 0 aliphatic carbocycles. The molecule has 2 rings (SSSR count). The quantitative estimate of drug-likeness (QED) is 0.895. The molecule has 0 saturated heterocycles. The fourth-order valence-corrected chi connectivity index (χ4v) is 2.21. The van der Waals surface area contributed by atoms with Gasteiger partial charge in [0.15, 0.2) is 0 Å². The topological polar surface area (TPSA) is 41.1 Å². The van der Waals surface area contributed by atoms with Crippen LogP contribution in [0.4, 0.5) is 20.2 Å². The Kier molecular flexibility index (Phi) is 4.75. The molecule has 1 amide bonds. The van der Waals surface area contributed by atoms with Gasteiger partial charge in [0.1, 0.15) is 17.7 Å². The first-order valence-corrected chi connectivity index (χ1v) is 6.96. The average Bonchev–Trinajstić information content (AvgIpc) is 2.40. The Bertz CT molecular complexity index is 681. The summed E-state index contributed by atoms with van der Waals surface area (Å²) in [4.78, 5) is 12.1. The molecule has 2 N–H and O–H groups in total. The van der Waals surface area contributed by atoms with Crippen molar-refractivity contribution in [2.75, 3.05) is 10.6 Å². The lowest BCUT2D eigenvalue weighted by Crippen LogP contribution is -2.32. The molecule has 0 fully saturated rings. The maximum absolute atomic E-state index is 13.5. The first-order chi connectivity index (χ1) is 10.3. The molecule has 0 aliphatic heterocycles. The van der Waals surface area contributed by atoms with Crippen LogP contribution in [0, 0.1) is 25.5 Å². The summed E-state index contributed by atoms with van der Waals surface area (Å²) in [6.07, 6.45) is 0. The molecule has 2 aromatic carbocycles. The van der Waals surface area contributed by atoms with Gasteiger partial charge in [-0.25, -0.2) is 8.78 Å². The van der Waals surface area contributed by atoms with Gasteiger partial charge in [-0.2, -0.15) is 0 Å². The number of carbonyl (C=O) groups is 1. The van der Waals surface area contributed by atoms with E-state index in [1.54, 1.807) is 6.92 Å². The number of halogens is 2. The normalized spacial score (nSPS) is 11.9. The molecule has 3 nitrogen and oxygen atoms in total. The SMILES string of the molecule is Cc1cc(C)cc(NC(C)C(=O)Nc2ccc(F)cc2F)c1. The predicted octanol–water partition coefficient (Wildman–Crippen LogP) is 4.02. The molecule has 0 bridgehead atoms. The van der Waals surface area contributed by atoms with E-state index in [-0.39, 0.29) is 5.69 Å². The van der Waals surface area contributed by atoms with E-state index >= 15 is 0 Å². The van der Waals surface area contributed by atoms with Gasteiger partial charge < -0.3 is 10.6 Å². The molecule has 2 aromatic rings. The third kappa shape index (κ3) is 4.04. The summed E-state index contributed by atoms with van der Waals surface area (Å²) in [5.41, 5.74) is 2.94. The standard InChI is InChI=1S/C17H18F2N2O/c1-10-6-11(2)8-14(7-10)20-12(3)17(22)21-16-5-4-13(18)9-15(16)19/h4-9,12,20H,1-3H3,(H,21,22). The summed E-state index contributed by atoms with van der Waals surface area (Å²) in [6, 6.07) is 8.35. The number of amides is 1. The molecule has 22 heavy (non-hydrogen) atoms. The largest absolute Gasteiger partial charge is 0.374 e. The highest BCUT2D eigenvalue weighted by molar-refractivity contribution is 5.96. The van der Waals surface area contributed by atoms with Crippen molar-refractivity contribution in [3.8, 4) is 0 Å². The van der Waals surface area contributed by atoms with Gasteiger partial charge in [0, 0.05) is 11.8 Å². The molecule has 0 aromatic heterocycles. The maximum Gasteiger partial charge on any atom is 0.246 e. The van der Waals surface area contributed by atoms with Gasteiger partial charge in [-0.05, 0) is 56.2 Å². The molecule has 0 heterocycles. The van der Waals surface area contributed by atoms with Gasteiger partial charge in [0.25, 0.3) is 0 Å². The molecule has 0 aliphatic rings. The van der Waals surface area contributed by atoms with E-state index in [1.165, 1.54) is 6.07 Å². The second-order valence-corrected chi connectivity index (χ2v) is 5.36. The average molecular weight is 304 g/mol. The Balaban J connectivity index is 2.05. The van der Waals surface area contributed by atoms with Crippen LogP contribution in [0.1, 0.15) is 18.1 Å². The number of nitrogens with one attached hydrogen (secondary N) is 2. The van der Waals surface area contributed by atoms with Crippen LogP contribution in [0.2, 0.25) is 0 Å². The van der Waals surface area contributed by atoms with Crippen molar-refractivity contribution >= 4 is 17.3 Å². The minimum atomic E-state index is -0.799. The van der Waals surface area contributed by atoms with Crippen molar-refractivity contribution in [2.45, 2.75) is 26.8 Å². The first kappa shape index (κ1) is 15.9. The second kappa shape index (κ2) is 6.56. The summed E-state index contributed by atoms with van der Waals surface area (Å²) in [5.74, 6) is -1.88. The number of hydrogen-bond acceptors (Lipinski definition) is 2. The van der Waals surface area contributed by atoms with E-state index < -0.39 is 23.6 Å². The highest BCUT2D eigenvalue weighted by Crippen LogP contribution is 2.17. The molecule has 0 saturated carbocycles. The zero-order valence-corrected chi connectivity index (χ0v) is 12.7. The lowest BCUT2D eigenvalue weighted by Gasteiger charge is -2.16. The third-order valence-electron chi connectivity index (χ3n) is 3.19. The van der Waals surface area contributed by atoms with Gasteiger partial charge in [-0.3, -0.25) is 4.79 Å². The zero-order chi connectivity index (χ0) is 16.3. The van der Waals surface area contributed by atoms with Crippen molar-refractivity contribution in [1.29, 1.82) is 0 Å². The number of carbonyl (C=O) groups excluding carboxylic acids is 1. The third-order valence-corrected chi connectivity index (χ3v) is 3.19. The first-order valence-electron chi connectivity index (χ1n) is 6.96. The van der Waals surface area contributed by atoms with Gasteiger partial charge in [0.05, 0.1) is 5.69 Å². The minimum absolute atomic E-state index is 0.0412. The van der Waals surface area contributed by atoms with Crippen molar-refractivity contribution in [2.24, 2.45) is 0 Å². The summed E-state index contributed by atoms with van der Waals surface area (Å²) in [7, 11) is 0. The lowest BCUT2D eigenvalue weighted by atomic mass is 10.1. The number of benzene rings is 2. The molecule has 0 spiro atoms. The van der Waals surface area contributed by atoms with E-state index in [1.807, 2.05) is 32.0 Å². The number of hydrogen-bond donors (Lipinski definition) is 2. The Morgan fingerprint density at radius 3 is 2.27 bits per heavy atom. The lowest BCUT2D eigenvalue weighted by molar-refractivity contribution is -0.116. The van der Waals surface area contributed by atoms with Crippen molar-refractivity contribution in [3.05, 3.63) is 59.2 Å². The molecule has 116 valence electrons. The molecule has 1 atom stereocenters. The molecule has 5 heteroatoms. The summed E-state index contributed by atoms with van der Waals surface area (Å²) in [5, 5.41) is 5.51. The molecular formula is C17H18F2N2O. The molecular weight excluding hydrogens is 286 g/mol. The molecule has 1 unspecified atom stereocenters. The van der Waals surface area contributed by atoms with Crippen molar-refractivity contribution in [1.82, 2.24) is 0 Å². The fraction of sp³-hybridized carbons (Fsp3) is 0.235. The van der Waals surface area contributed by atoms with E-state index in [2.05, 4.69) is 10.6 Å². The summed E-state index contributed by atoms with van der Waals surface area (Å²) in [6.45, 7) is 5.61. The van der Waals surface area contributed by atoms with Crippen LogP contribution in [-0.4, -0.2) is 11.9 Å². The maximum atomic E-state index is 13.5. The van der Waals surface area contributed by atoms with Gasteiger partial charge in [0.2, 0.25) is 5.91 Å². The van der Waals surface area contributed by atoms with Crippen LogP contribution < -0.4 is 10.6 Å². The van der Waals surface area contributed by atoms with Crippen molar-refractivity contribution in [3.63, 3.8) is 0 Å². The number of aryl methyl sites for hydroxylation is 2. The predicted molar refractivity (Wildman–Crippen MR) is 84.0 cm³/mol. The van der Waals surface area contributed by atoms with Crippen LogP contribution in [0.3, 0.4) is 0 Å². The smallest absolute Gasteiger partial charge is 0.246 e. The second-order valence-electron chi connectivity index (χ2n) is 5.36. The van der Waals surface area contributed by atoms with E-state index in [4.69, 9.17) is 0 Å². The van der Waals surface area contributed by atoms with Crippen LogP contribution in [-0.2, 0) is 4.79 Å². The summed E-state index contributed by atoms with van der Waals surface area (Å²) < 4.78 is 26.4. The summed E-state index contributed by atoms with van der Waals surface area (Å²) >= 11 is 0. The Hall–Kier alpha value is -2.43. The van der Waals surface area contributed by atoms with Gasteiger partial charge in [-0.1, -0.05) is 6.07 Å². The van der Waals surface area contributed by atoms with Gasteiger partial charge in [-0.15, -0.1) is 0 Å². The Morgan fingerprint density at radius 2 is 1.68 bits per heavy atom. The Labute approximate surface area is 128 Å². The van der Waals surface area contributed by atoms with Crippen LogP contribution in [0.15, 0.2) is 36.4 Å². The van der Waals surface area contributed by atoms with E-state index in [0.29, 0.717) is 0 Å². The Morgan fingerprint density at radius 1 is 1.05 bits per heavy atom.